The average molecular weight is 325 g/mol. The largest absolute Gasteiger partial charge is 0.372 e. The van der Waals surface area contributed by atoms with E-state index in [9.17, 15) is 9.59 Å². The number of nitrogens with zero attached hydrogens (tertiary/aromatic N) is 1. The summed E-state index contributed by atoms with van der Waals surface area (Å²) >= 11 is 0. The summed E-state index contributed by atoms with van der Waals surface area (Å²) < 4.78 is 6.07. The highest BCUT2D eigenvalue weighted by Crippen LogP contribution is 2.23. The van der Waals surface area contributed by atoms with E-state index in [-0.39, 0.29) is 6.10 Å². The van der Waals surface area contributed by atoms with E-state index in [1.807, 2.05) is 50.5 Å². The molecule has 0 heterocycles. The Labute approximate surface area is 143 Å². The van der Waals surface area contributed by atoms with Gasteiger partial charge in [0.15, 0.2) is 0 Å². The van der Waals surface area contributed by atoms with Crippen LogP contribution in [0, 0.1) is 0 Å². The molecule has 0 amide bonds. The fourth-order valence-electron chi connectivity index (χ4n) is 2.39. The van der Waals surface area contributed by atoms with Crippen molar-refractivity contribution in [3.63, 3.8) is 0 Å². The number of hydrogen-bond donors (Lipinski definition) is 0. The molecule has 0 bridgehead atoms. The molecule has 0 N–H and O–H groups in total. The van der Waals surface area contributed by atoms with Gasteiger partial charge in [-0.05, 0) is 25.2 Å². The summed E-state index contributed by atoms with van der Waals surface area (Å²) in [6.45, 7) is 1.46. The summed E-state index contributed by atoms with van der Waals surface area (Å²) in [5, 5.41) is 0. The third-order valence-electron chi connectivity index (χ3n) is 3.84. The van der Waals surface area contributed by atoms with Gasteiger partial charge in [0.1, 0.15) is 12.6 Å². The van der Waals surface area contributed by atoms with E-state index in [2.05, 4.69) is 4.90 Å². The van der Waals surface area contributed by atoms with Gasteiger partial charge in [0.25, 0.3) is 0 Å². The van der Waals surface area contributed by atoms with Gasteiger partial charge in [0.05, 0.1) is 12.7 Å². The molecule has 0 radical (unpaired) electrons. The number of carbonyl (C=O) groups excluding carboxylic acids is 2. The van der Waals surface area contributed by atoms with Gasteiger partial charge in [-0.15, -0.1) is 0 Å². The predicted molar refractivity (Wildman–Crippen MR) is 94.6 cm³/mol. The van der Waals surface area contributed by atoms with Crippen molar-refractivity contribution in [1.82, 2.24) is 4.90 Å². The average Bonchev–Trinajstić information content (AvgIpc) is 2.61. The summed E-state index contributed by atoms with van der Waals surface area (Å²) in [5.74, 6) is 0. The lowest BCUT2D eigenvalue weighted by Gasteiger charge is -2.20. The van der Waals surface area contributed by atoms with Crippen molar-refractivity contribution >= 4 is 12.6 Å². The molecule has 24 heavy (non-hydrogen) atoms. The highest BCUT2D eigenvalue weighted by atomic mass is 16.5. The normalized spacial score (nSPS) is 12.1. The SMILES string of the molecule is CN(C)CCOC(Cc1ccc(C=O)cc1)c1ccc(C=O)cc1. The minimum absolute atomic E-state index is 0.0901. The highest BCUT2D eigenvalue weighted by Gasteiger charge is 2.13. The number of rotatable bonds is 9. The first-order valence-corrected chi connectivity index (χ1v) is 7.98. The zero-order valence-corrected chi connectivity index (χ0v) is 14.1. The summed E-state index contributed by atoms with van der Waals surface area (Å²) in [7, 11) is 4.02. The summed E-state index contributed by atoms with van der Waals surface area (Å²) in [6.07, 6.45) is 2.30. The zero-order valence-electron chi connectivity index (χ0n) is 14.1. The van der Waals surface area contributed by atoms with Crippen molar-refractivity contribution in [2.45, 2.75) is 12.5 Å². The molecular weight excluding hydrogens is 302 g/mol. The topological polar surface area (TPSA) is 46.6 Å². The van der Waals surface area contributed by atoms with Crippen LogP contribution in [0.1, 0.15) is 37.9 Å². The molecule has 2 aromatic rings. The van der Waals surface area contributed by atoms with Gasteiger partial charge in [-0.3, -0.25) is 9.59 Å². The Balaban J connectivity index is 2.13. The minimum atomic E-state index is -0.0901. The van der Waals surface area contributed by atoms with E-state index >= 15 is 0 Å². The van der Waals surface area contributed by atoms with Crippen LogP contribution in [0.2, 0.25) is 0 Å². The fourth-order valence-corrected chi connectivity index (χ4v) is 2.39. The van der Waals surface area contributed by atoms with Crippen molar-refractivity contribution < 1.29 is 14.3 Å². The summed E-state index contributed by atoms with van der Waals surface area (Å²) in [4.78, 5) is 23.7. The van der Waals surface area contributed by atoms with Crippen LogP contribution >= 0.6 is 0 Å². The van der Waals surface area contributed by atoms with E-state index < -0.39 is 0 Å². The van der Waals surface area contributed by atoms with Gasteiger partial charge in [-0.25, -0.2) is 0 Å². The van der Waals surface area contributed by atoms with Crippen LogP contribution in [0.5, 0.6) is 0 Å². The lowest BCUT2D eigenvalue weighted by Crippen LogP contribution is -2.20. The Hall–Kier alpha value is -2.30. The Morgan fingerprint density at radius 1 is 0.917 bits per heavy atom. The van der Waals surface area contributed by atoms with E-state index in [1.165, 1.54) is 0 Å². The number of carbonyl (C=O) groups is 2. The smallest absolute Gasteiger partial charge is 0.150 e. The van der Waals surface area contributed by atoms with E-state index in [4.69, 9.17) is 4.74 Å². The Morgan fingerprint density at radius 3 is 1.96 bits per heavy atom. The van der Waals surface area contributed by atoms with Crippen LogP contribution < -0.4 is 0 Å². The van der Waals surface area contributed by atoms with Crippen molar-refractivity contribution in [3.05, 3.63) is 70.8 Å². The molecule has 0 aliphatic carbocycles. The van der Waals surface area contributed by atoms with Gasteiger partial charge < -0.3 is 9.64 Å². The first-order chi connectivity index (χ1) is 11.6. The summed E-state index contributed by atoms with van der Waals surface area (Å²) in [6, 6.07) is 15.0. The van der Waals surface area contributed by atoms with Gasteiger partial charge in [-0.1, -0.05) is 48.5 Å². The van der Waals surface area contributed by atoms with E-state index in [1.54, 1.807) is 12.1 Å². The molecule has 0 aliphatic heterocycles. The second-order valence-corrected chi connectivity index (χ2v) is 6.01. The van der Waals surface area contributed by atoms with Crippen molar-refractivity contribution in [3.8, 4) is 0 Å². The van der Waals surface area contributed by atoms with Crippen LogP contribution in [-0.4, -0.2) is 44.7 Å². The van der Waals surface area contributed by atoms with Crippen LogP contribution in [0.3, 0.4) is 0 Å². The third kappa shape index (κ3) is 5.41. The number of benzene rings is 2. The van der Waals surface area contributed by atoms with Gasteiger partial charge in [0.2, 0.25) is 0 Å². The molecule has 0 saturated heterocycles. The predicted octanol–water partition coefficient (Wildman–Crippen LogP) is 3.17. The quantitative estimate of drug-likeness (QED) is 0.664. The van der Waals surface area contributed by atoms with E-state index in [0.29, 0.717) is 24.2 Å². The Kier molecular flexibility index (Phi) is 6.85. The number of aldehydes is 2. The van der Waals surface area contributed by atoms with Crippen LogP contribution in [0.4, 0.5) is 0 Å². The van der Waals surface area contributed by atoms with Crippen LogP contribution in [0.15, 0.2) is 48.5 Å². The standard InChI is InChI=1S/C20H23NO3/c1-21(2)11-12-24-20(19-9-7-18(15-23)8-10-19)13-16-3-5-17(14-22)6-4-16/h3-10,14-15,20H,11-13H2,1-2H3. The lowest BCUT2D eigenvalue weighted by molar-refractivity contribution is 0.0436. The van der Waals surface area contributed by atoms with Gasteiger partial charge in [-0.2, -0.15) is 0 Å². The number of likely N-dealkylation sites (N-methyl/N-ethyl adjacent to an activating group) is 1. The zero-order chi connectivity index (χ0) is 17.4. The Morgan fingerprint density at radius 2 is 1.46 bits per heavy atom. The van der Waals surface area contributed by atoms with E-state index in [0.717, 1.165) is 30.2 Å². The monoisotopic (exact) mass is 325 g/mol. The molecule has 0 aromatic heterocycles. The number of ether oxygens (including phenoxy) is 1. The maximum absolute atomic E-state index is 10.8. The maximum atomic E-state index is 10.8. The molecule has 0 saturated carbocycles. The van der Waals surface area contributed by atoms with Gasteiger partial charge in [0, 0.05) is 24.1 Å². The second-order valence-electron chi connectivity index (χ2n) is 6.01. The third-order valence-corrected chi connectivity index (χ3v) is 3.84. The van der Waals surface area contributed by atoms with Crippen LogP contribution in [0.25, 0.3) is 0 Å². The number of hydrogen-bond acceptors (Lipinski definition) is 4. The molecule has 0 fully saturated rings. The Bertz CT molecular complexity index is 648. The highest BCUT2D eigenvalue weighted by molar-refractivity contribution is 5.75. The summed E-state index contributed by atoms with van der Waals surface area (Å²) in [5.41, 5.74) is 3.47. The maximum Gasteiger partial charge on any atom is 0.150 e. The molecular formula is C20H23NO3. The first kappa shape index (κ1) is 18.0. The second kappa shape index (κ2) is 9.11. The lowest BCUT2D eigenvalue weighted by atomic mass is 9.99. The molecule has 1 atom stereocenters. The molecule has 2 aromatic carbocycles. The van der Waals surface area contributed by atoms with Gasteiger partial charge >= 0.3 is 0 Å². The molecule has 4 heteroatoms. The molecule has 0 spiro atoms. The fraction of sp³-hybridized carbons (Fsp3) is 0.300. The first-order valence-electron chi connectivity index (χ1n) is 7.98. The molecule has 0 aliphatic rings. The molecule has 4 nitrogen and oxygen atoms in total. The minimum Gasteiger partial charge on any atom is -0.372 e. The molecule has 126 valence electrons. The van der Waals surface area contributed by atoms with Crippen molar-refractivity contribution in [2.75, 3.05) is 27.2 Å². The molecule has 2 rings (SSSR count). The van der Waals surface area contributed by atoms with Crippen LogP contribution in [-0.2, 0) is 11.2 Å². The van der Waals surface area contributed by atoms with Crippen molar-refractivity contribution in [1.29, 1.82) is 0 Å². The van der Waals surface area contributed by atoms with Crippen molar-refractivity contribution in [2.24, 2.45) is 0 Å². The molecule has 1 unspecified atom stereocenters.